The molecule has 0 N–H and O–H groups in total. The first-order valence-electron chi connectivity index (χ1n) is 8.05. The van der Waals surface area contributed by atoms with Gasteiger partial charge in [0.2, 0.25) is 15.9 Å². The first-order valence-corrected chi connectivity index (χ1v) is 9.90. The number of carbonyl (C=O) groups excluding carboxylic acids is 2. The van der Waals surface area contributed by atoms with E-state index in [9.17, 15) is 18.0 Å². The normalized spacial score (nSPS) is 11.0. The third kappa shape index (κ3) is 5.16. The number of rotatable bonds is 7. The second-order valence-electron chi connectivity index (χ2n) is 6.11. The second kappa shape index (κ2) is 8.14. The van der Waals surface area contributed by atoms with Gasteiger partial charge in [0.15, 0.2) is 5.78 Å². The molecule has 2 aromatic rings. The summed E-state index contributed by atoms with van der Waals surface area (Å²) < 4.78 is 25.4. The number of anilines is 1. The highest BCUT2D eigenvalue weighted by molar-refractivity contribution is 7.92. The molecule has 0 bridgehead atoms. The number of nitrogens with zero attached hydrogens (tertiary/aromatic N) is 2. The lowest BCUT2D eigenvalue weighted by molar-refractivity contribution is -0.128. The van der Waals surface area contributed by atoms with Crippen molar-refractivity contribution in [3.63, 3.8) is 0 Å². The van der Waals surface area contributed by atoms with Crippen molar-refractivity contribution in [3.05, 3.63) is 65.7 Å². The van der Waals surface area contributed by atoms with E-state index in [1.54, 1.807) is 25.2 Å². The van der Waals surface area contributed by atoms with Gasteiger partial charge < -0.3 is 4.90 Å². The van der Waals surface area contributed by atoms with E-state index in [0.717, 1.165) is 16.1 Å². The average molecular weight is 374 g/mol. The molecular formula is C19H22N2O4S. The van der Waals surface area contributed by atoms with E-state index < -0.39 is 10.0 Å². The molecular weight excluding hydrogens is 352 g/mol. The molecule has 0 saturated carbocycles. The standard InChI is InChI=1S/C19H22N2O4S/c1-15(22)17-10-7-11-18(12-17)21(26(3,24)25)14-19(23)20(2)13-16-8-5-4-6-9-16/h4-12H,13-14H2,1-3H3. The van der Waals surface area contributed by atoms with E-state index in [1.807, 2.05) is 30.3 Å². The summed E-state index contributed by atoms with van der Waals surface area (Å²) in [5, 5.41) is 0. The molecule has 0 spiro atoms. The Morgan fingerprint density at radius 2 is 1.65 bits per heavy atom. The van der Waals surface area contributed by atoms with Gasteiger partial charge in [0, 0.05) is 19.2 Å². The summed E-state index contributed by atoms with van der Waals surface area (Å²) in [6.45, 7) is 1.46. The molecule has 0 radical (unpaired) electrons. The summed E-state index contributed by atoms with van der Waals surface area (Å²) in [7, 11) is -2.06. The molecule has 0 aliphatic carbocycles. The van der Waals surface area contributed by atoms with Crippen LogP contribution in [0.5, 0.6) is 0 Å². The van der Waals surface area contributed by atoms with Crippen LogP contribution in [0.2, 0.25) is 0 Å². The van der Waals surface area contributed by atoms with Gasteiger partial charge >= 0.3 is 0 Å². The summed E-state index contributed by atoms with van der Waals surface area (Å²) in [5.41, 5.74) is 1.63. The van der Waals surface area contributed by atoms with Crippen molar-refractivity contribution in [1.82, 2.24) is 4.90 Å². The Kier molecular flexibility index (Phi) is 6.15. The van der Waals surface area contributed by atoms with E-state index >= 15 is 0 Å². The van der Waals surface area contributed by atoms with Crippen LogP contribution in [0.4, 0.5) is 5.69 Å². The van der Waals surface area contributed by atoms with Crippen LogP contribution in [0.25, 0.3) is 0 Å². The van der Waals surface area contributed by atoms with Gasteiger partial charge in [-0.05, 0) is 24.6 Å². The zero-order chi connectivity index (χ0) is 19.3. The summed E-state index contributed by atoms with van der Waals surface area (Å²) in [4.78, 5) is 25.6. The number of carbonyl (C=O) groups is 2. The molecule has 2 rings (SSSR count). The molecule has 0 aliphatic rings. The SMILES string of the molecule is CC(=O)c1cccc(N(CC(=O)N(C)Cc2ccccc2)S(C)(=O)=O)c1. The summed E-state index contributed by atoms with van der Waals surface area (Å²) >= 11 is 0. The summed E-state index contributed by atoms with van der Waals surface area (Å²) in [6.07, 6.45) is 1.04. The van der Waals surface area contributed by atoms with Crippen LogP contribution >= 0.6 is 0 Å². The molecule has 0 heterocycles. The van der Waals surface area contributed by atoms with Crippen LogP contribution in [0.1, 0.15) is 22.8 Å². The van der Waals surface area contributed by atoms with Gasteiger partial charge in [-0.15, -0.1) is 0 Å². The van der Waals surface area contributed by atoms with Gasteiger partial charge in [-0.25, -0.2) is 8.42 Å². The van der Waals surface area contributed by atoms with Crippen LogP contribution in [0.15, 0.2) is 54.6 Å². The summed E-state index contributed by atoms with van der Waals surface area (Å²) in [5.74, 6) is -0.514. The van der Waals surface area contributed by atoms with E-state index in [-0.39, 0.29) is 18.2 Å². The fourth-order valence-corrected chi connectivity index (χ4v) is 3.31. The number of benzene rings is 2. The Labute approximate surface area is 154 Å². The predicted octanol–water partition coefficient (Wildman–Crippen LogP) is 2.31. The number of hydrogen-bond donors (Lipinski definition) is 0. The maximum absolute atomic E-state index is 12.5. The maximum Gasteiger partial charge on any atom is 0.243 e. The molecule has 0 atom stereocenters. The van der Waals surface area contributed by atoms with Crippen LogP contribution in [0, 0.1) is 0 Å². The minimum absolute atomic E-state index is 0.173. The Morgan fingerprint density at radius 3 is 2.23 bits per heavy atom. The fraction of sp³-hybridized carbons (Fsp3) is 0.263. The van der Waals surface area contributed by atoms with Crippen molar-refractivity contribution in [2.24, 2.45) is 0 Å². The van der Waals surface area contributed by atoms with Crippen molar-refractivity contribution in [2.45, 2.75) is 13.5 Å². The molecule has 7 heteroatoms. The van der Waals surface area contributed by atoms with Gasteiger partial charge in [-0.3, -0.25) is 13.9 Å². The van der Waals surface area contributed by atoms with Crippen molar-refractivity contribution in [2.75, 3.05) is 24.2 Å². The zero-order valence-electron chi connectivity index (χ0n) is 15.0. The number of hydrogen-bond acceptors (Lipinski definition) is 4. The number of Topliss-reactive ketones (excluding diaryl/α,β-unsaturated/α-hetero) is 1. The quantitative estimate of drug-likeness (QED) is 0.697. The second-order valence-corrected chi connectivity index (χ2v) is 8.02. The minimum atomic E-state index is -3.69. The highest BCUT2D eigenvalue weighted by atomic mass is 32.2. The molecule has 138 valence electrons. The largest absolute Gasteiger partial charge is 0.340 e. The Balaban J connectivity index is 2.22. The zero-order valence-corrected chi connectivity index (χ0v) is 15.9. The number of sulfonamides is 1. The lowest BCUT2D eigenvalue weighted by atomic mass is 10.1. The predicted molar refractivity (Wildman–Crippen MR) is 102 cm³/mol. The highest BCUT2D eigenvalue weighted by Crippen LogP contribution is 2.20. The van der Waals surface area contributed by atoms with E-state index in [1.165, 1.54) is 17.9 Å². The van der Waals surface area contributed by atoms with Crippen LogP contribution in [0.3, 0.4) is 0 Å². The van der Waals surface area contributed by atoms with Crippen molar-refractivity contribution in [1.29, 1.82) is 0 Å². The van der Waals surface area contributed by atoms with Gasteiger partial charge in [0.05, 0.1) is 11.9 Å². The van der Waals surface area contributed by atoms with E-state index in [2.05, 4.69) is 0 Å². The fourth-order valence-electron chi connectivity index (χ4n) is 2.47. The van der Waals surface area contributed by atoms with E-state index in [0.29, 0.717) is 17.8 Å². The molecule has 0 fully saturated rings. The molecule has 0 saturated heterocycles. The molecule has 1 amide bonds. The van der Waals surface area contributed by atoms with Gasteiger partial charge in [0.25, 0.3) is 0 Å². The third-order valence-electron chi connectivity index (χ3n) is 3.91. The van der Waals surface area contributed by atoms with Crippen molar-refractivity contribution < 1.29 is 18.0 Å². The van der Waals surface area contributed by atoms with Gasteiger partial charge in [-0.2, -0.15) is 0 Å². The van der Waals surface area contributed by atoms with Gasteiger partial charge in [0.1, 0.15) is 6.54 Å². The van der Waals surface area contributed by atoms with E-state index in [4.69, 9.17) is 0 Å². The molecule has 6 nitrogen and oxygen atoms in total. The van der Waals surface area contributed by atoms with Crippen molar-refractivity contribution >= 4 is 27.4 Å². The van der Waals surface area contributed by atoms with Crippen LogP contribution < -0.4 is 4.31 Å². The number of likely N-dealkylation sites (N-methyl/N-ethyl adjacent to an activating group) is 1. The smallest absolute Gasteiger partial charge is 0.243 e. The first kappa shape index (κ1) is 19.7. The van der Waals surface area contributed by atoms with Crippen molar-refractivity contribution in [3.8, 4) is 0 Å². The minimum Gasteiger partial charge on any atom is -0.340 e. The molecule has 2 aromatic carbocycles. The number of amides is 1. The van der Waals surface area contributed by atoms with Gasteiger partial charge in [-0.1, -0.05) is 42.5 Å². The molecule has 0 unspecified atom stereocenters. The first-order chi connectivity index (χ1) is 12.2. The van der Waals surface area contributed by atoms with Crippen LogP contribution in [-0.2, 0) is 21.4 Å². The maximum atomic E-state index is 12.5. The highest BCUT2D eigenvalue weighted by Gasteiger charge is 2.23. The monoisotopic (exact) mass is 374 g/mol. The lowest BCUT2D eigenvalue weighted by Crippen LogP contribution is -2.41. The number of ketones is 1. The third-order valence-corrected chi connectivity index (χ3v) is 5.05. The Bertz CT molecular complexity index is 895. The molecule has 0 aromatic heterocycles. The molecule has 26 heavy (non-hydrogen) atoms. The topological polar surface area (TPSA) is 74.8 Å². The van der Waals surface area contributed by atoms with Crippen LogP contribution in [-0.4, -0.2) is 44.9 Å². The molecule has 0 aliphatic heterocycles. The Hall–Kier alpha value is -2.67. The average Bonchev–Trinajstić information content (AvgIpc) is 2.59. The lowest BCUT2D eigenvalue weighted by Gasteiger charge is -2.25. The summed E-state index contributed by atoms with van der Waals surface area (Å²) in [6, 6.07) is 15.7. The Morgan fingerprint density at radius 1 is 1.00 bits per heavy atom.